The van der Waals surface area contributed by atoms with E-state index in [4.69, 9.17) is 4.98 Å². The van der Waals surface area contributed by atoms with Gasteiger partial charge in [0.05, 0.1) is 22.3 Å². The molecule has 2 aromatic carbocycles. The van der Waals surface area contributed by atoms with Crippen molar-refractivity contribution in [1.29, 1.82) is 0 Å². The second-order valence-electron chi connectivity index (χ2n) is 7.64. The van der Waals surface area contributed by atoms with Crippen LogP contribution in [0, 0.1) is 5.82 Å². The molecule has 2 atom stereocenters. The van der Waals surface area contributed by atoms with Crippen LogP contribution in [0.4, 0.5) is 4.39 Å². The van der Waals surface area contributed by atoms with Gasteiger partial charge in [0.2, 0.25) is 5.91 Å². The van der Waals surface area contributed by atoms with Crippen LogP contribution >= 0.6 is 11.8 Å². The van der Waals surface area contributed by atoms with Crippen LogP contribution in [0.15, 0.2) is 53.7 Å². The number of nitrogens with one attached hydrogen (secondary N) is 1. The Morgan fingerprint density at radius 3 is 2.57 bits per heavy atom. The molecule has 0 saturated heterocycles. The topological polar surface area (TPSA) is 46.9 Å². The maximum absolute atomic E-state index is 13.1. The average molecular weight is 428 g/mol. The molecule has 1 amide bonds. The Morgan fingerprint density at radius 1 is 1.10 bits per heavy atom. The molecule has 0 fully saturated rings. The fourth-order valence-electron chi connectivity index (χ4n) is 3.43. The quantitative estimate of drug-likeness (QED) is 0.313. The van der Waals surface area contributed by atoms with Crippen molar-refractivity contribution in [3.8, 4) is 0 Å². The molecular weight excluding hydrogens is 397 g/mol. The molecule has 0 aliphatic carbocycles. The Morgan fingerprint density at radius 2 is 1.83 bits per heavy atom. The molecule has 3 rings (SSSR count). The molecule has 160 valence electrons. The van der Waals surface area contributed by atoms with Crippen LogP contribution in [-0.2, 0) is 11.3 Å². The van der Waals surface area contributed by atoms with E-state index in [1.165, 1.54) is 43.2 Å². The van der Waals surface area contributed by atoms with Crippen molar-refractivity contribution in [3.63, 3.8) is 0 Å². The number of fused-ring (bicyclic) bond motifs is 1. The molecule has 0 radical (unpaired) electrons. The number of halogens is 1. The van der Waals surface area contributed by atoms with E-state index in [0.29, 0.717) is 0 Å². The van der Waals surface area contributed by atoms with E-state index in [0.717, 1.165) is 34.7 Å². The van der Waals surface area contributed by atoms with Gasteiger partial charge in [-0.15, -0.1) is 0 Å². The molecule has 0 aliphatic heterocycles. The molecule has 1 N–H and O–H groups in total. The van der Waals surface area contributed by atoms with Crippen molar-refractivity contribution in [2.45, 2.75) is 69.4 Å². The van der Waals surface area contributed by atoms with Gasteiger partial charge in [-0.05, 0) is 50.1 Å². The summed E-state index contributed by atoms with van der Waals surface area (Å²) in [6, 6.07) is 14.2. The van der Waals surface area contributed by atoms with Crippen LogP contribution in [0.25, 0.3) is 11.0 Å². The Balaban J connectivity index is 1.69. The second-order valence-corrected chi connectivity index (χ2v) is 8.95. The molecule has 0 bridgehead atoms. The van der Waals surface area contributed by atoms with Gasteiger partial charge in [-0.2, -0.15) is 0 Å². The van der Waals surface area contributed by atoms with Crippen LogP contribution in [0.5, 0.6) is 0 Å². The lowest BCUT2D eigenvalue weighted by Gasteiger charge is -2.18. The summed E-state index contributed by atoms with van der Waals surface area (Å²) in [5.41, 5.74) is 2.96. The first-order valence-corrected chi connectivity index (χ1v) is 11.5. The third-order valence-electron chi connectivity index (χ3n) is 5.23. The number of thioether (sulfide) groups is 1. The number of nitrogens with zero attached hydrogens (tertiary/aromatic N) is 2. The number of rotatable bonds is 10. The van der Waals surface area contributed by atoms with E-state index >= 15 is 0 Å². The van der Waals surface area contributed by atoms with Gasteiger partial charge in [0, 0.05) is 6.54 Å². The normalized spacial score (nSPS) is 13.3. The van der Waals surface area contributed by atoms with Gasteiger partial charge in [-0.1, -0.05) is 62.2 Å². The lowest BCUT2D eigenvalue weighted by atomic mass is 10.1. The number of para-hydroxylation sites is 2. The minimum atomic E-state index is -0.292. The number of carbonyl (C=O) groups is 1. The van der Waals surface area contributed by atoms with Crippen LogP contribution in [0.1, 0.15) is 58.1 Å². The minimum Gasteiger partial charge on any atom is -0.349 e. The minimum absolute atomic E-state index is 0.0542. The summed E-state index contributed by atoms with van der Waals surface area (Å²) >= 11 is 1.49. The number of amides is 1. The molecule has 0 saturated carbocycles. The van der Waals surface area contributed by atoms with E-state index < -0.39 is 0 Å². The summed E-state index contributed by atoms with van der Waals surface area (Å²) in [4.78, 5) is 17.6. The van der Waals surface area contributed by atoms with Crippen molar-refractivity contribution >= 4 is 28.7 Å². The van der Waals surface area contributed by atoms with Crippen LogP contribution < -0.4 is 5.32 Å². The Kier molecular flexibility index (Phi) is 7.91. The number of benzene rings is 2. The van der Waals surface area contributed by atoms with Gasteiger partial charge >= 0.3 is 0 Å². The highest BCUT2D eigenvalue weighted by Gasteiger charge is 2.21. The van der Waals surface area contributed by atoms with Gasteiger partial charge in [-0.3, -0.25) is 4.79 Å². The van der Waals surface area contributed by atoms with Crippen LogP contribution in [0.2, 0.25) is 0 Å². The van der Waals surface area contributed by atoms with Crippen molar-refractivity contribution in [3.05, 3.63) is 59.9 Å². The number of aryl methyl sites for hydroxylation is 1. The van der Waals surface area contributed by atoms with E-state index in [9.17, 15) is 9.18 Å². The summed E-state index contributed by atoms with van der Waals surface area (Å²) < 4.78 is 15.4. The number of aromatic nitrogens is 2. The number of hydrogen-bond donors (Lipinski definition) is 1. The Hall–Kier alpha value is -2.34. The summed E-state index contributed by atoms with van der Waals surface area (Å²) in [7, 11) is 0. The van der Waals surface area contributed by atoms with E-state index in [-0.39, 0.29) is 23.0 Å². The molecule has 0 spiro atoms. The lowest BCUT2D eigenvalue weighted by Crippen LogP contribution is -2.33. The number of carbonyl (C=O) groups excluding carboxylic acids is 1. The summed E-state index contributed by atoms with van der Waals surface area (Å²) in [5.74, 6) is -0.333. The smallest absolute Gasteiger partial charge is 0.233 e. The molecule has 30 heavy (non-hydrogen) atoms. The summed E-state index contributed by atoms with van der Waals surface area (Å²) in [6.45, 7) is 6.92. The lowest BCUT2D eigenvalue weighted by molar-refractivity contribution is -0.120. The Bertz CT molecular complexity index is 970. The fourth-order valence-corrected chi connectivity index (χ4v) is 4.39. The molecule has 3 aromatic rings. The summed E-state index contributed by atoms with van der Waals surface area (Å²) in [5, 5.41) is 3.62. The number of imidazole rings is 1. The third kappa shape index (κ3) is 5.63. The molecule has 0 aliphatic rings. The zero-order valence-electron chi connectivity index (χ0n) is 17.9. The average Bonchev–Trinajstić information content (AvgIpc) is 3.08. The highest BCUT2D eigenvalue weighted by molar-refractivity contribution is 8.00. The monoisotopic (exact) mass is 427 g/mol. The molecule has 1 aromatic heterocycles. The first-order chi connectivity index (χ1) is 14.5. The van der Waals surface area contributed by atoms with Crippen molar-refractivity contribution < 1.29 is 9.18 Å². The maximum atomic E-state index is 13.1. The van der Waals surface area contributed by atoms with Gasteiger partial charge in [0.25, 0.3) is 0 Å². The zero-order chi connectivity index (χ0) is 21.5. The molecule has 1 heterocycles. The standard InChI is InChI=1S/C24H30FN3OS/c1-4-5-6-9-16-28-22-11-8-7-10-21(22)27-24(28)30-18(3)23(29)26-17(2)19-12-14-20(25)15-13-19/h7-8,10-15,17-18H,4-6,9,16H2,1-3H3,(H,26,29)/t17-,18+/m0/s1. The van der Waals surface area contributed by atoms with E-state index in [1.807, 2.05) is 32.0 Å². The fraction of sp³-hybridized carbons (Fsp3) is 0.417. The van der Waals surface area contributed by atoms with Crippen LogP contribution in [-0.4, -0.2) is 20.7 Å². The molecule has 6 heteroatoms. The van der Waals surface area contributed by atoms with Crippen molar-refractivity contribution in [2.24, 2.45) is 0 Å². The second kappa shape index (κ2) is 10.6. The molecule has 0 unspecified atom stereocenters. The predicted octanol–water partition coefficient (Wildman–Crippen LogP) is 6.11. The van der Waals surface area contributed by atoms with Gasteiger partial charge < -0.3 is 9.88 Å². The van der Waals surface area contributed by atoms with Gasteiger partial charge in [0.15, 0.2) is 5.16 Å². The number of unbranched alkanes of at least 4 members (excludes halogenated alkanes) is 3. The van der Waals surface area contributed by atoms with E-state index in [1.54, 1.807) is 12.1 Å². The summed E-state index contributed by atoms with van der Waals surface area (Å²) in [6.07, 6.45) is 4.73. The maximum Gasteiger partial charge on any atom is 0.233 e. The van der Waals surface area contributed by atoms with E-state index in [2.05, 4.69) is 22.9 Å². The highest BCUT2D eigenvalue weighted by Crippen LogP contribution is 2.28. The largest absolute Gasteiger partial charge is 0.349 e. The molecule has 4 nitrogen and oxygen atoms in total. The van der Waals surface area contributed by atoms with Gasteiger partial charge in [-0.25, -0.2) is 9.37 Å². The van der Waals surface area contributed by atoms with Crippen molar-refractivity contribution in [2.75, 3.05) is 0 Å². The first-order valence-electron chi connectivity index (χ1n) is 10.7. The third-order valence-corrected chi connectivity index (χ3v) is 6.33. The zero-order valence-corrected chi connectivity index (χ0v) is 18.7. The van der Waals surface area contributed by atoms with Crippen LogP contribution in [0.3, 0.4) is 0 Å². The van der Waals surface area contributed by atoms with Gasteiger partial charge in [0.1, 0.15) is 5.82 Å². The predicted molar refractivity (Wildman–Crippen MR) is 122 cm³/mol. The highest BCUT2D eigenvalue weighted by atomic mass is 32.2. The Labute approximate surface area is 182 Å². The number of hydrogen-bond acceptors (Lipinski definition) is 3. The molecular formula is C24H30FN3OS. The first kappa shape index (κ1) is 22.3. The van der Waals surface area contributed by atoms with Crippen molar-refractivity contribution in [1.82, 2.24) is 14.9 Å². The SMILES string of the molecule is CCCCCCn1c(S[C@H](C)C(=O)N[C@@H](C)c2ccc(F)cc2)nc2ccccc21.